The summed E-state index contributed by atoms with van der Waals surface area (Å²) < 4.78 is 0. The number of anilines is 2. The minimum Gasteiger partial charge on any atom is -0.338 e. The highest BCUT2D eigenvalue weighted by Crippen LogP contribution is 2.16. The molecule has 0 aliphatic heterocycles. The summed E-state index contributed by atoms with van der Waals surface area (Å²) in [5.74, 6) is 0. The van der Waals surface area contributed by atoms with Gasteiger partial charge < -0.3 is 31.1 Å². The van der Waals surface area contributed by atoms with Crippen LogP contribution in [-0.4, -0.2) is 75.2 Å². The van der Waals surface area contributed by atoms with Crippen molar-refractivity contribution in [2.24, 2.45) is 0 Å². The highest BCUT2D eigenvalue weighted by molar-refractivity contribution is 5.89. The van der Waals surface area contributed by atoms with E-state index in [-0.39, 0.29) is 12.1 Å². The number of benzene rings is 2. The Morgan fingerprint density at radius 1 is 0.561 bits per heavy atom. The molecule has 0 heterocycles. The summed E-state index contributed by atoms with van der Waals surface area (Å²) in [6, 6.07) is 15.5. The van der Waals surface area contributed by atoms with Crippen LogP contribution in [0.25, 0.3) is 0 Å². The van der Waals surface area contributed by atoms with Crippen molar-refractivity contribution in [3.8, 4) is 0 Å². The van der Waals surface area contributed by atoms with Crippen LogP contribution in [0.5, 0.6) is 0 Å². The third kappa shape index (κ3) is 16.1. The predicted octanol–water partition coefficient (Wildman–Crippen LogP) is 6.54. The van der Waals surface area contributed by atoms with Gasteiger partial charge in [-0.05, 0) is 108 Å². The summed E-state index contributed by atoms with van der Waals surface area (Å²) in [7, 11) is 4.28. The van der Waals surface area contributed by atoms with Crippen LogP contribution in [0.1, 0.15) is 76.3 Å². The average molecular weight is 567 g/mol. The number of nitrogens with zero attached hydrogens (tertiary/aromatic N) is 2. The zero-order chi connectivity index (χ0) is 29.7. The number of urea groups is 2. The minimum absolute atomic E-state index is 0.173. The van der Waals surface area contributed by atoms with Gasteiger partial charge in [-0.2, -0.15) is 0 Å². The van der Waals surface area contributed by atoms with E-state index in [0.717, 1.165) is 67.9 Å². The zero-order valence-corrected chi connectivity index (χ0v) is 25.9. The summed E-state index contributed by atoms with van der Waals surface area (Å²) in [5.41, 5.74) is 3.86. The van der Waals surface area contributed by atoms with E-state index in [1.807, 2.05) is 48.5 Å². The van der Waals surface area contributed by atoms with Gasteiger partial charge in [0, 0.05) is 24.5 Å². The average Bonchev–Trinajstić information content (AvgIpc) is 2.96. The number of carbonyl (C=O) groups is 2. The van der Waals surface area contributed by atoms with Crippen LogP contribution in [0, 0.1) is 0 Å². The Labute approximate surface area is 248 Å². The Kier molecular flexibility index (Phi) is 17.2. The first-order chi connectivity index (χ1) is 19.9. The second-order valence-electron chi connectivity index (χ2n) is 11.1. The van der Waals surface area contributed by atoms with E-state index in [1.165, 1.54) is 38.5 Å². The molecule has 4 amide bonds. The van der Waals surface area contributed by atoms with E-state index in [0.29, 0.717) is 13.1 Å². The summed E-state index contributed by atoms with van der Waals surface area (Å²) >= 11 is 0. The molecule has 0 fully saturated rings. The summed E-state index contributed by atoms with van der Waals surface area (Å²) in [6.45, 7) is 9.95. The molecule has 41 heavy (non-hydrogen) atoms. The Bertz CT molecular complexity index is 901. The molecule has 0 radical (unpaired) electrons. The topological polar surface area (TPSA) is 88.7 Å². The fourth-order valence-electron chi connectivity index (χ4n) is 4.59. The van der Waals surface area contributed by atoms with Crippen molar-refractivity contribution < 1.29 is 9.59 Å². The molecule has 2 rings (SSSR count). The monoisotopic (exact) mass is 566 g/mol. The lowest BCUT2D eigenvalue weighted by Gasteiger charge is -2.16. The van der Waals surface area contributed by atoms with E-state index in [9.17, 15) is 9.59 Å². The quantitative estimate of drug-likeness (QED) is 0.137. The van der Waals surface area contributed by atoms with Gasteiger partial charge in [0.15, 0.2) is 0 Å². The van der Waals surface area contributed by atoms with Crippen molar-refractivity contribution in [3.05, 3.63) is 59.7 Å². The number of amides is 4. The van der Waals surface area contributed by atoms with Crippen LogP contribution in [-0.2, 0) is 6.42 Å². The molecular weight excluding hydrogens is 512 g/mol. The molecule has 0 spiro atoms. The molecule has 8 nitrogen and oxygen atoms in total. The Morgan fingerprint density at radius 3 is 1.29 bits per heavy atom. The van der Waals surface area contributed by atoms with Crippen LogP contribution >= 0.6 is 0 Å². The molecule has 0 unspecified atom stereocenters. The second kappa shape index (κ2) is 20.7. The van der Waals surface area contributed by atoms with Crippen LogP contribution in [0.4, 0.5) is 21.0 Å². The minimum atomic E-state index is -0.173. The van der Waals surface area contributed by atoms with Gasteiger partial charge >= 0.3 is 12.1 Å². The SMILES string of the molecule is CCCCCN(C)CCCNC(=O)Nc1ccc(Cc2ccc(NC(=O)NCCCN(C)CCCCC)cc2)cc1. The molecular formula is C33H54N6O2. The summed E-state index contributed by atoms with van der Waals surface area (Å²) in [4.78, 5) is 29.1. The fourth-order valence-corrected chi connectivity index (χ4v) is 4.59. The number of rotatable bonds is 20. The van der Waals surface area contributed by atoms with Gasteiger partial charge in [-0.15, -0.1) is 0 Å². The molecule has 4 N–H and O–H groups in total. The molecule has 0 aliphatic rings. The Morgan fingerprint density at radius 2 is 0.927 bits per heavy atom. The maximum absolute atomic E-state index is 12.2. The van der Waals surface area contributed by atoms with Gasteiger partial charge in [0.2, 0.25) is 0 Å². The lowest BCUT2D eigenvalue weighted by atomic mass is 10.0. The standard InChI is InChI=1S/C33H54N6O2/c1-5-7-9-23-38(3)25-11-21-34-32(40)36-30-17-13-28(14-18-30)27-29-15-19-31(20-16-29)37-33(41)35-22-12-26-39(4)24-10-8-6-2/h13-20H,5-12,21-27H2,1-4H3,(H2,34,36,40)(H2,35,37,41). The smallest absolute Gasteiger partial charge is 0.319 e. The van der Waals surface area contributed by atoms with Crippen molar-refractivity contribution in [1.29, 1.82) is 0 Å². The predicted molar refractivity (Wildman–Crippen MR) is 173 cm³/mol. The van der Waals surface area contributed by atoms with Gasteiger partial charge in [-0.1, -0.05) is 63.8 Å². The van der Waals surface area contributed by atoms with Crippen LogP contribution in [0.2, 0.25) is 0 Å². The Balaban J connectivity index is 1.63. The van der Waals surface area contributed by atoms with Crippen LogP contribution in [0.3, 0.4) is 0 Å². The van der Waals surface area contributed by atoms with Crippen molar-refractivity contribution in [1.82, 2.24) is 20.4 Å². The number of hydrogen-bond acceptors (Lipinski definition) is 4. The molecule has 0 saturated heterocycles. The molecule has 2 aromatic rings. The first kappa shape index (κ1) is 34.1. The molecule has 0 saturated carbocycles. The normalized spacial score (nSPS) is 11.1. The molecule has 0 aliphatic carbocycles. The number of unbranched alkanes of at least 4 members (excludes halogenated alkanes) is 4. The first-order valence-corrected chi connectivity index (χ1v) is 15.5. The third-order valence-electron chi connectivity index (χ3n) is 7.12. The fraction of sp³-hybridized carbons (Fsp3) is 0.576. The summed E-state index contributed by atoms with van der Waals surface area (Å²) in [6.07, 6.45) is 10.1. The first-order valence-electron chi connectivity index (χ1n) is 15.5. The zero-order valence-electron chi connectivity index (χ0n) is 25.9. The molecule has 0 bridgehead atoms. The van der Waals surface area contributed by atoms with Gasteiger partial charge in [0.05, 0.1) is 0 Å². The van der Waals surface area contributed by atoms with Crippen molar-refractivity contribution >= 4 is 23.4 Å². The van der Waals surface area contributed by atoms with Crippen LogP contribution in [0.15, 0.2) is 48.5 Å². The number of hydrogen-bond donors (Lipinski definition) is 4. The Hall–Kier alpha value is -3.10. The molecule has 228 valence electrons. The van der Waals surface area contributed by atoms with E-state index in [2.05, 4.69) is 59.0 Å². The van der Waals surface area contributed by atoms with Gasteiger partial charge in [0.1, 0.15) is 0 Å². The largest absolute Gasteiger partial charge is 0.338 e. The molecule has 2 aromatic carbocycles. The maximum atomic E-state index is 12.2. The summed E-state index contributed by atoms with van der Waals surface area (Å²) in [5, 5.41) is 11.7. The van der Waals surface area contributed by atoms with Crippen LogP contribution < -0.4 is 21.3 Å². The highest BCUT2D eigenvalue weighted by atomic mass is 16.2. The highest BCUT2D eigenvalue weighted by Gasteiger charge is 2.05. The van der Waals surface area contributed by atoms with E-state index >= 15 is 0 Å². The van der Waals surface area contributed by atoms with E-state index in [1.54, 1.807) is 0 Å². The lowest BCUT2D eigenvalue weighted by Crippen LogP contribution is -2.31. The maximum Gasteiger partial charge on any atom is 0.319 e. The van der Waals surface area contributed by atoms with E-state index < -0.39 is 0 Å². The molecule has 8 heteroatoms. The second-order valence-corrected chi connectivity index (χ2v) is 11.1. The van der Waals surface area contributed by atoms with Gasteiger partial charge in [0.25, 0.3) is 0 Å². The van der Waals surface area contributed by atoms with Crippen molar-refractivity contribution in [3.63, 3.8) is 0 Å². The molecule has 0 atom stereocenters. The number of carbonyl (C=O) groups excluding carboxylic acids is 2. The van der Waals surface area contributed by atoms with E-state index in [4.69, 9.17) is 0 Å². The lowest BCUT2D eigenvalue weighted by molar-refractivity contribution is 0.250. The third-order valence-corrected chi connectivity index (χ3v) is 7.12. The van der Waals surface area contributed by atoms with Crippen molar-refractivity contribution in [2.45, 2.75) is 71.6 Å². The molecule has 0 aromatic heterocycles. The van der Waals surface area contributed by atoms with Gasteiger partial charge in [-0.3, -0.25) is 0 Å². The van der Waals surface area contributed by atoms with Gasteiger partial charge in [-0.25, -0.2) is 9.59 Å². The van der Waals surface area contributed by atoms with Crippen molar-refractivity contribution in [2.75, 3.05) is 64.0 Å². The number of nitrogens with one attached hydrogen (secondary N) is 4.